The molecule has 4 nitrogen and oxygen atoms in total. The number of hydrogen-bond donors (Lipinski definition) is 0. The number of nitrogens with zero attached hydrogens (tertiary/aromatic N) is 2. The maximum Gasteiger partial charge on any atom is 0.315 e. The third kappa shape index (κ3) is 3.86. The van der Waals surface area contributed by atoms with Crippen molar-refractivity contribution in [1.29, 1.82) is 0 Å². The average Bonchev–Trinajstić information content (AvgIpc) is 3.49. The molecule has 0 fully saturated rings. The van der Waals surface area contributed by atoms with Crippen molar-refractivity contribution in [2.75, 3.05) is 0 Å². The second-order valence-electron chi connectivity index (χ2n) is 7.33. The van der Waals surface area contributed by atoms with Gasteiger partial charge in [-0.05, 0) is 34.4 Å². The number of hydrogen-bond acceptors (Lipinski definition) is 3. The molecule has 0 unspecified atom stereocenters. The van der Waals surface area contributed by atoms with Gasteiger partial charge in [0.1, 0.15) is 0 Å². The number of aromatic nitrogens is 1. The molecule has 1 amide bonds. The Bertz CT molecular complexity index is 1410. The summed E-state index contributed by atoms with van der Waals surface area (Å²) in [6.45, 7) is 0. The first-order valence-corrected chi connectivity index (χ1v) is 11.1. The number of rotatable bonds is 4. The smallest absolute Gasteiger partial charge is 0.315 e. The standard InChI is InChI=1S/C27H20N2O2S/c1-29-24(21-16-14-20(15-17-21)19-9-4-2-5-10-19)25(22-11-6-3-7-12-22)32-27(29)28-26(30)23-13-8-18-31-23/h2-18H,1H3. The largest absolute Gasteiger partial charge is 0.459 e. The van der Waals surface area contributed by atoms with Gasteiger partial charge in [-0.3, -0.25) is 4.79 Å². The summed E-state index contributed by atoms with van der Waals surface area (Å²) in [6, 6.07) is 32.3. The zero-order chi connectivity index (χ0) is 21.9. The van der Waals surface area contributed by atoms with Crippen molar-refractivity contribution in [2.24, 2.45) is 12.0 Å². The molecule has 2 heterocycles. The molecule has 0 spiro atoms. The zero-order valence-corrected chi connectivity index (χ0v) is 18.3. The predicted octanol–water partition coefficient (Wildman–Crippen LogP) is 6.42. The van der Waals surface area contributed by atoms with Gasteiger partial charge < -0.3 is 8.98 Å². The van der Waals surface area contributed by atoms with Gasteiger partial charge in [-0.1, -0.05) is 96.3 Å². The Morgan fingerprint density at radius 3 is 1.97 bits per heavy atom. The Morgan fingerprint density at radius 1 is 0.750 bits per heavy atom. The summed E-state index contributed by atoms with van der Waals surface area (Å²) >= 11 is 1.49. The number of thiazole rings is 1. The molecular weight excluding hydrogens is 416 g/mol. The van der Waals surface area contributed by atoms with Crippen LogP contribution in [0.15, 0.2) is 113 Å². The summed E-state index contributed by atoms with van der Waals surface area (Å²) in [6.07, 6.45) is 1.48. The lowest BCUT2D eigenvalue weighted by atomic mass is 10.0. The lowest BCUT2D eigenvalue weighted by molar-refractivity contribution is 0.0971. The molecule has 32 heavy (non-hydrogen) atoms. The van der Waals surface area contributed by atoms with Gasteiger partial charge >= 0.3 is 5.91 Å². The molecule has 5 heteroatoms. The van der Waals surface area contributed by atoms with E-state index in [1.54, 1.807) is 12.1 Å². The third-order valence-electron chi connectivity index (χ3n) is 5.26. The van der Waals surface area contributed by atoms with Gasteiger partial charge in [-0.25, -0.2) is 0 Å². The second-order valence-corrected chi connectivity index (χ2v) is 8.30. The van der Waals surface area contributed by atoms with Crippen LogP contribution in [0.4, 0.5) is 0 Å². The van der Waals surface area contributed by atoms with Crippen molar-refractivity contribution < 1.29 is 9.21 Å². The van der Waals surface area contributed by atoms with Gasteiger partial charge in [0.25, 0.3) is 0 Å². The van der Waals surface area contributed by atoms with Gasteiger partial charge in [0.05, 0.1) is 16.8 Å². The quantitative estimate of drug-likeness (QED) is 0.326. The SMILES string of the molecule is Cn1c(-c2ccc(-c3ccccc3)cc2)c(-c2ccccc2)sc1=NC(=O)c1ccco1. The van der Waals surface area contributed by atoms with Crippen LogP contribution in [0.3, 0.4) is 0 Å². The Morgan fingerprint density at radius 2 is 1.34 bits per heavy atom. The molecule has 5 rings (SSSR count). The van der Waals surface area contributed by atoms with E-state index in [-0.39, 0.29) is 5.76 Å². The van der Waals surface area contributed by atoms with Crippen LogP contribution in [-0.2, 0) is 7.05 Å². The molecule has 0 radical (unpaired) electrons. The Balaban J connectivity index is 1.64. The van der Waals surface area contributed by atoms with E-state index in [0.717, 1.165) is 27.3 Å². The van der Waals surface area contributed by atoms with Gasteiger partial charge in [-0.2, -0.15) is 4.99 Å². The maximum atomic E-state index is 12.6. The summed E-state index contributed by atoms with van der Waals surface area (Å²) in [7, 11) is 1.94. The highest BCUT2D eigenvalue weighted by Crippen LogP contribution is 2.35. The third-order valence-corrected chi connectivity index (χ3v) is 6.44. The summed E-state index contributed by atoms with van der Waals surface area (Å²) in [5.41, 5.74) is 5.51. The van der Waals surface area contributed by atoms with E-state index in [9.17, 15) is 4.79 Å². The van der Waals surface area contributed by atoms with Crippen molar-refractivity contribution in [3.8, 4) is 32.8 Å². The molecule has 0 saturated carbocycles. The van der Waals surface area contributed by atoms with Crippen molar-refractivity contribution in [3.63, 3.8) is 0 Å². The number of carbonyl (C=O) groups excluding carboxylic acids is 1. The maximum absolute atomic E-state index is 12.6. The fraction of sp³-hybridized carbons (Fsp3) is 0.0370. The number of carbonyl (C=O) groups is 1. The Labute approximate surface area is 189 Å². The zero-order valence-electron chi connectivity index (χ0n) is 17.4. The minimum atomic E-state index is -0.391. The van der Waals surface area contributed by atoms with E-state index in [1.807, 2.05) is 48.0 Å². The van der Waals surface area contributed by atoms with Gasteiger partial charge in [0.15, 0.2) is 10.6 Å². The van der Waals surface area contributed by atoms with Crippen LogP contribution >= 0.6 is 11.3 Å². The van der Waals surface area contributed by atoms with E-state index in [1.165, 1.54) is 23.2 Å². The fourth-order valence-corrected chi connectivity index (χ4v) is 4.80. The molecular formula is C27H20N2O2S. The summed E-state index contributed by atoms with van der Waals surface area (Å²) in [5, 5.41) is 0. The van der Waals surface area contributed by atoms with Gasteiger partial charge in [0.2, 0.25) is 0 Å². The summed E-state index contributed by atoms with van der Waals surface area (Å²) in [4.78, 5) is 18.6. The lowest BCUT2D eigenvalue weighted by Gasteiger charge is -2.09. The van der Waals surface area contributed by atoms with Gasteiger partial charge in [-0.15, -0.1) is 0 Å². The van der Waals surface area contributed by atoms with Crippen molar-refractivity contribution in [1.82, 2.24) is 4.57 Å². The van der Waals surface area contributed by atoms with E-state index >= 15 is 0 Å². The minimum absolute atomic E-state index is 0.230. The molecule has 0 atom stereocenters. The normalized spacial score (nSPS) is 11.6. The van der Waals surface area contributed by atoms with Crippen LogP contribution in [0.2, 0.25) is 0 Å². The van der Waals surface area contributed by atoms with E-state index in [0.29, 0.717) is 4.80 Å². The van der Waals surface area contributed by atoms with Crippen LogP contribution < -0.4 is 4.80 Å². The summed E-state index contributed by atoms with van der Waals surface area (Å²) in [5.74, 6) is -0.161. The molecule has 0 aliphatic rings. The molecule has 0 bridgehead atoms. The van der Waals surface area contributed by atoms with Crippen molar-refractivity contribution >= 4 is 17.2 Å². The van der Waals surface area contributed by atoms with Crippen LogP contribution in [-0.4, -0.2) is 10.5 Å². The van der Waals surface area contributed by atoms with Crippen LogP contribution in [0, 0.1) is 0 Å². The number of amides is 1. The highest BCUT2D eigenvalue weighted by atomic mass is 32.1. The highest BCUT2D eigenvalue weighted by molar-refractivity contribution is 7.13. The summed E-state index contributed by atoms with van der Waals surface area (Å²) < 4.78 is 7.20. The Hall–Kier alpha value is -3.96. The topological polar surface area (TPSA) is 47.5 Å². The van der Waals surface area contributed by atoms with E-state index < -0.39 is 5.91 Å². The molecule has 0 aliphatic heterocycles. The van der Waals surface area contributed by atoms with Crippen molar-refractivity contribution in [3.05, 3.63) is 114 Å². The Kier molecular flexibility index (Phi) is 5.40. The molecule has 2 aromatic heterocycles. The monoisotopic (exact) mass is 436 g/mol. The van der Waals surface area contributed by atoms with Crippen LogP contribution in [0.1, 0.15) is 10.6 Å². The first-order valence-electron chi connectivity index (χ1n) is 10.2. The minimum Gasteiger partial charge on any atom is -0.459 e. The predicted molar refractivity (Wildman–Crippen MR) is 128 cm³/mol. The first-order chi connectivity index (χ1) is 15.7. The molecule has 0 N–H and O–H groups in total. The van der Waals surface area contributed by atoms with Gasteiger partial charge in [0, 0.05) is 7.05 Å². The number of benzene rings is 3. The lowest BCUT2D eigenvalue weighted by Crippen LogP contribution is -2.14. The van der Waals surface area contributed by atoms with E-state index in [2.05, 4.69) is 53.5 Å². The van der Waals surface area contributed by atoms with E-state index in [4.69, 9.17) is 4.42 Å². The first kappa shape index (κ1) is 20.0. The molecule has 5 aromatic rings. The van der Waals surface area contributed by atoms with Crippen LogP contribution in [0.5, 0.6) is 0 Å². The molecule has 156 valence electrons. The molecule has 0 saturated heterocycles. The second kappa shape index (κ2) is 8.65. The van der Waals surface area contributed by atoms with Crippen LogP contribution in [0.25, 0.3) is 32.8 Å². The fourth-order valence-electron chi connectivity index (χ4n) is 3.66. The number of furan rings is 1. The van der Waals surface area contributed by atoms with Crippen molar-refractivity contribution in [2.45, 2.75) is 0 Å². The molecule has 3 aromatic carbocycles. The highest BCUT2D eigenvalue weighted by Gasteiger charge is 2.17. The molecule has 0 aliphatic carbocycles. The average molecular weight is 437 g/mol.